The van der Waals surface area contributed by atoms with Crippen LogP contribution in [0, 0.1) is 0 Å². The van der Waals surface area contributed by atoms with Crippen molar-refractivity contribution in [1.29, 1.82) is 0 Å². The zero-order valence-electron chi connectivity index (χ0n) is 8.08. The molecule has 0 fully saturated rings. The summed E-state index contributed by atoms with van der Waals surface area (Å²) in [5.74, 6) is -2.29. The average molecular weight is 241 g/mol. The summed E-state index contributed by atoms with van der Waals surface area (Å²) in [6.45, 7) is 0. The Labute approximate surface area is 96.1 Å². The molecule has 0 amide bonds. The summed E-state index contributed by atoms with van der Waals surface area (Å²) >= 11 is 5.85. The third-order valence-corrected chi connectivity index (χ3v) is 2.28. The van der Waals surface area contributed by atoms with Crippen LogP contribution in [0.25, 0.3) is 0 Å². The van der Waals surface area contributed by atoms with Gasteiger partial charge in [-0.1, -0.05) is 29.8 Å². The third kappa shape index (κ3) is 2.13. The number of hydrogen-bond acceptors (Lipinski definition) is 5. The van der Waals surface area contributed by atoms with Gasteiger partial charge in [-0.15, -0.1) is 10.2 Å². The Kier molecular flexibility index (Phi) is 2.78. The van der Waals surface area contributed by atoms with Gasteiger partial charge in [-0.05, 0) is 6.07 Å². The SMILES string of the molecule is OC(O)(Nn1cnnc1)c1ccccc1Cl. The summed E-state index contributed by atoms with van der Waals surface area (Å²) < 4.78 is 1.21. The van der Waals surface area contributed by atoms with Crippen LogP contribution in [-0.2, 0) is 5.91 Å². The molecule has 7 heteroatoms. The Morgan fingerprint density at radius 1 is 1.19 bits per heavy atom. The first-order chi connectivity index (χ1) is 7.59. The highest BCUT2D eigenvalue weighted by atomic mass is 35.5. The molecule has 6 nitrogen and oxygen atoms in total. The molecule has 0 spiro atoms. The highest BCUT2D eigenvalue weighted by Crippen LogP contribution is 2.24. The third-order valence-electron chi connectivity index (χ3n) is 1.95. The van der Waals surface area contributed by atoms with Crippen molar-refractivity contribution in [3.05, 3.63) is 47.5 Å². The number of halogens is 1. The van der Waals surface area contributed by atoms with Crippen molar-refractivity contribution >= 4 is 11.6 Å². The van der Waals surface area contributed by atoms with Gasteiger partial charge in [0, 0.05) is 0 Å². The average Bonchev–Trinajstić information content (AvgIpc) is 2.70. The molecule has 1 aromatic heterocycles. The molecule has 0 saturated heterocycles. The minimum atomic E-state index is -2.29. The summed E-state index contributed by atoms with van der Waals surface area (Å²) in [6.07, 6.45) is 2.58. The van der Waals surface area contributed by atoms with Crippen LogP contribution in [0.1, 0.15) is 5.56 Å². The van der Waals surface area contributed by atoms with E-state index < -0.39 is 5.91 Å². The van der Waals surface area contributed by atoms with E-state index in [1.165, 1.54) is 23.4 Å². The molecule has 0 aliphatic heterocycles. The fourth-order valence-corrected chi connectivity index (χ4v) is 1.51. The first-order valence-corrected chi connectivity index (χ1v) is 4.80. The summed E-state index contributed by atoms with van der Waals surface area (Å²) in [5, 5.41) is 26.9. The fraction of sp³-hybridized carbons (Fsp3) is 0.111. The van der Waals surface area contributed by atoms with Crippen LogP contribution in [0.2, 0.25) is 5.02 Å². The smallest absolute Gasteiger partial charge is 0.288 e. The molecule has 0 bridgehead atoms. The summed E-state index contributed by atoms with van der Waals surface area (Å²) in [7, 11) is 0. The van der Waals surface area contributed by atoms with Crippen molar-refractivity contribution in [2.24, 2.45) is 0 Å². The van der Waals surface area contributed by atoms with E-state index in [2.05, 4.69) is 15.6 Å². The lowest BCUT2D eigenvalue weighted by Gasteiger charge is -2.24. The van der Waals surface area contributed by atoms with Crippen LogP contribution in [0.3, 0.4) is 0 Å². The normalized spacial score (nSPS) is 11.4. The molecule has 0 aliphatic rings. The number of benzene rings is 1. The van der Waals surface area contributed by atoms with E-state index in [9.17, 15) is 10.2 Å². The molecule has 0 radical (unpaired) electrons. The number of aromatic nitrogens is 3. The fourth-order valence-electron chi connectivity index (χ4n) is 1.24. The molecule has 2 aromatic rings. The molecule has 2 rings (SSSR count). The van der Waals surface area contributed by atoms with Crippen molar-refractivity contribution < 1.29 is 10.2 Å². The number of nitrogens with one attached hydrogen (secondary N) is 1. The molecule has 84 valence electrons. The number of aliphatic hydroxyl groups is 2. The van der Waals surface area contributed by atoms with Crippen molar-refractivity contribution in [2.75, 3.05) is 5.43 Å². The van der Waals surface area contributed by atoms with Crippen LogP contribution in [0.4, 0.5) is 0 Å². The second kappa shape index (κ2) is 4.09. The van der Waals surface area contributed by atoms with E-state index in [1.807, 2.05) is 0 Å². The predicted molar refractivity (Wildman–Crippen MR) is 57.0 cm³/mol. The minimum absolute atomic E-state index is 0.144. The molecular weight excluding hydrogens is 232 g/mol. The van der Waals surface area contributed by atoms with Gasteiger partial charge in [0.2, 0.25) is 0 Å². The predicted octanol–water partition coefficient (Wildman–Crippen LogP) is 0.270. The summed E-state index contributed by atoms with van der Waals surface area (Å²) in [5.41, 5.74) is 2.52. The molecule has 0 aliphatic carbocycles. The van der Waals surface area contributed by atoms with Crippen molar-refractivity contribution in [3.8, 4) is 0 Å². The molecule has 0 atom stereocenters. The molecule has 3 N–H and O–H groups in total. The van der Waals surface area contributed by atoms with Gasteiger partial charge in [0.05, 0.1) is 10.6 Å². The molecule has 16 heavy (non-hydrogen) atoms. The maximum atomic E-state index is 9.82. The van der Waals surface area contributed by atoms with Gasteiger partial charge < -0.3 is 10.2 Å². The van der Waals surface area contributed by atoms with Gasteiger partial charge in [-0.25, -0.2) is 4.68 Å². The zero-order valence-corrected chi connectivity index (χ0v) is 8.83. The van der Waals surface area contributed by atoms with E-state index in [0.29, 0.717) is 0 Å². The van der Waals surface area contributed by atoms with Crippen molar-refractivity contribution in [1.82, 2.24) is 14.9 Å². The van der Waals surface area contributed by atoms with Crippen LogP contribution in [0.5, 0.6) is 0 Å². The Hall–Kier alpha value is -1.63. The maximum absolute atomic E-state index is 9.82. The topological polar surface area (TPSA) is 83.2 Å². The largest absolute Gasteiger partial charge is 0.344 e. The first-order valence-electron chi connectivity index (χ1n) is 4.42. The minimum Gasteiger partial charge on any atom is -0.344 e. The van der Waals surface area contributed by atoms with Crippen LogP contribution < -0.4 is 5.43 Å². The molecule has 0 saturated carbocycles. The van der Waals surface area contributed by atoms with E-state index >= 15 is 0 Å². The highest BCUT2D eigenvalue weighted by molar-refractivity contribution is 6.31. The van der Waals surface area contributed by atoms with Crippen LogP contribution in [-0.4, -0.2) is 25.1 Å². The van der Waals surface area contributed by atoms with E-state index in [4.69, 9.17) is 11.6 Å². The molecular formula is C9H9ClN4O2. The van der Waals surface area contributed by atoms with Gasteiger partial charge in [0.1, 0.15) is 12.7 Å². The van der Waals surface area contributed by atoms with Crippen molar-refractivity contribution in [3.63, 3.8) is 0 Å². The van der Waals surface area contributed by atoms with Gasteiger partial charge >= 0.3 is 0 Å². The number of rotatable bonds is 3. The lowest BCUT2D eigenvalue weighted by Crippen LogP contribution is -2.40. The highest BCUT2D eigenvalue weighted by Gasteiger charge is 2.28. The Morgan fingerprint density at radius 3 is 2.44 bits per heavy atom. The van der Waals surface area contributed by atoms with E-state index in [0.717, 1.165) is 0 Å². The Bertz CT molecular complexity index is 472. The van der Waals surface area contributed by atoms with Gasteiger partial charge in [0.25, 0.3) is 5.91 Å². The van der Waals surface area contributed by atoms with Gasteiger partial charge in [-0.2, -0.15) is 0 Å². The molecule has 1 heterocycles. The molecule has 1 aromatic carbocycles. The maximum Gasteiger partial charge on any atom is 0.288 e. The van der Waals surface area contributed by atoms with Crippen molar-refractivity contribution in [2.45, 2.75) is 5.91 Å². The summed E-state index contributed by atoms with van der Waals surface area (Å²) in [6, 6.07) is 6.41. The van der Waals surface area contributed by atoms with E-state index in [1.54, 1.807) is 18.2 Å². The number of hydrogen-bond donors (Lipinski definition) is 3. The quantitative estimate of drug-likeness (QED) is 0.671. The van der Waals surface area contributed by atoms with Gasteiger partial charge in [0.15, 0.2) is 0 Å². The second-order valence-corrected chi connectivity index (χ2v) is 3.54. The number of nitrogens with zero attached hydrogens (tertiary/aromatic N) is 3. The molecule has 0 unspecified atom stereocenters. The zero-order chi connectivity index (χ0) is 11.6. The van der Waals surface area contributed by atoms with Crippen LogP contribution >= 0.6 is 11.6 Å². The standard InChI is InChI=1S/C9H9ClN4O2/c10-8-4-2-1-3-7(8)9(15,16)13-14-5-11-12-6-14/h1-6,13,15-16H. The lowest BCUT2D eigenvalue weighted by molar-refractivity contribution is -0.153. The first kappa shape index (κ1) is 10.9. The van der Waals surface area contributed by atoms with Gasteiger partial charge in [-0.3, -0.25) is 5.43 Å². The van der Waals surface area contributed by atoms with E-state index in [-0.39, 0.29) is 10.6 Å². The monoisotopic (exact) mass is 240 g/mol. The van der Waals surface area contributed by atoms with Crippen LogP contribution in [0.15, 0.2) is 36.9 Å². The summed E-state index contributed by atoms with van der Waals surface area (Å²) in [4.78, 5) is 0. The Morgan fingerprint density at radius 2 is 1.81 bits per heavy atom. The second-order valence-electron chi connectivity index (χ2n) is 3.13. The lowest BCUT2D eigenvalue weighted by atomic mass is 10.1. The Balaban J connectivity index is 2.28.